The van der Waals surface area contributed by atoms with Crippen molar-refractivity contribution < 1.29 is 4.74 Å². The normalized spacial score (nSPS) is 15.5. The minimum atomic E-state index is 0.384. The first kappa shape index (κ1) is 17.3. The van der Waals surface area contributed by atoms with Gasteiger partial charge in [-0.2, -0.15) is 0 Å². The summed E-state index contributed by atoms with van der Waals surface area (Å²) in [6.45, 7) is 1.68. The highest BCUT2D eigenvalue weighted by atomic mass is 16.5. The molecule has 4 heteroatoms. The van der Waals surface area contributed by atoms with Crippen LogP contribution < -0.4 is 15.4 Å². The number of hydrogen-bond acceptors (Lipinski definition) is 2. The summed E-state index contributed by atoms with van der Waals surface area (Å²) in [5.74, 6) is 1.73. The molecule has 1 aliphatic rings. The Hall–Kier alpha value is -2.49. The molecule has 2 aromatic carbocycles. The molecule has 0 spiro atoms. The van der Waals surface area contributed by atoms with Gasteiger partial charge in [0.05, 0.1) is 7.11 Å². The molecule has 0 aliphatic heterocycles. The fraction of sp³-hybridized carbons (Fsp3) is 0.381. The van der Waals surface area contributed by atoms with Gasteiger partial charge in [0.2, 0.25) is 0 Å². The maximum absolute atomic E-state index is 5.27. The van der Waals surface area contributed by atoms with Gasteiger partial charge in [0.25, 0.3) is 0 Å². The maximum Gasteiger partial charge on any atom is 0.191 e. The maximum atomic E-state index is 5.27. The van der Waals surface area contributed by atoms with Crippen molar-refractivity contribution in [3.8, 4) is 5.75 Å². The summed E-state index contributed by atoms with van der Waals surface area (Å²) < 4.78 is 5.27. The highest BCUT2D eigenvalue weighted by Crippen LogP contribution is 2.47. The Bertz CT molecular complexity index is 708. The third-order valence-corrected chi connectivity index (χ3v) is 4.83. The lowest BCUT2D eigenvalue weighted by atomic mass is 9.96. The molecule has 1 aliphatic carbocycles. The van der Waals surface area contributed by atoms with Crippen molar-refractivity contribution in [1.82, 2.24) is 10.6 Å². The average Bonchev–Trinajstić information content (AvgIpc) is 3.42. The van der Waals surface area contributed by atoms with Crippen LogP contribution in [0.25, 0.3) is 0 Å². The van der Waals surface area contributed by atoms with E-state index in [1.807, 2.05) is 25.2 Å². The molecule has 3 rings (SSSR count). The molecule has 0 aromatic heterocycles. The molecule has 0 saturated heterocycles. The van der Waals surface area contributed by atoms with Crippen LogP contribution in [0, 0.1) is 5.41 Å². The van der Waals surface area contributed by atoms with E-state index >= 15 is 0 Å². The van der Waals surface area contributed by atoms with E-state index in [-0.39, 0.29) is 0 Å². The topological polar surface area (TPSA) is 45.7 Å². The van der Waals surface area contributed by atoms with Crippen LogP contribution in [0.4, 0.5) is 0 Å². The van der Waals surface area contributed by atoms with Crippen molar-refractivity contribution >= 4 is 5.96 Å². The van der Waals surface area contributed by atoms with Crippen LogP contribution in [0.1, 0.15) is 24.0 Å². The van der Waals surface area contributed by atoms with E-state index in [1.54, 1.807) is 7.11 Å². The largest absolute Gasteiger partial charge is 0.497 e. The molecule has 1 saturated carbocycles. The van der Waals surface area contributed by atoms with Gasteiger partial charge in [-0.1, -0.05) is 42.5 Å². The molecule has 1 fully saturated rings. The van der Waals surface area contributed by atoms with Crippen molar-refractivity contribution in [1.29, 1.82) is 0 Å². The molecule has 2 N–H and O–H groups in total. The minimum absolute atomic E-state index is 0.384. The lowest BCUT2D eigenvalue weighted by molar-refractivity contribution is 0.414. The second-order valence-corrected chi connectivity index (χ2v) is 6.79. The summed E-state index contributed by atoms with van der Waals surface area (Å²) >= 11 is 0. The molecule has 0 bridgehead atoms. The summed E-state index contributed by atoms with van der Waals surface area (Å²) in [6.07, 6.45) is 3.69. The summed E-state index contributed by atoms with van der Waals surface area (Å²) in [5, 5.41) is 6.88. The van der Waals surface area contributed by atoms with Gasteiger partial charge in [-0.05, 0) is 47.9 Å². The molecule has 2 aromatic rings. The van der Waals surface area contributed by atoms with Gasteiger partial charge < -0.3 is 15.4 Å². The summed E-state index contributed by atoms with van der Waals surface area (Å²) in [7, 11) is 3.51. The van der Waals surface area contributed by atoms with Crippen molar-refractivity contribution in [3.05, 3.63) is 65.7 Å². The fourth-order valence-electron chi connectivity index (χ4n) is 3.08. The predicted octanol–water partition coefficient (Wildman–Crippen LogP) is 3.38. The number of guanidine groups is 1. The Kier molecular flexibility index (Phi) is 5.59. The van der Waals surface area contributed by atoms with Crippen molar-refractivity contribution in [3.63, 3.8) is 0 Å². The third-order valence-electron chi connectivity index (χ3n) is 4.83. The Balaban J connectivity index is 1.49. The molecule has 0 unspecified atom stereocenters. The van der Waals surface area contributed by atoms with Gasteiger partial charge in [0, 0.05) is 20.1 Å². The average molecular weight is 337 g/mol. The predicted molar refractivity (Wildman–Crippen MR) is 103 cm³/mol. The second kappa shape index (κ2) is 8.06. The van der Waals surface area contributed by atoms with Crippen LogP contribution in [0.15, 0.2) is 59.6 Å². The van der Waals surface area contributed by atoms with Gasteiger partial charge in [-0.3, -0.25) is 4.99 Å². The zero-order valence-corrected chi connectivity index (χ0v) is 15.1. The van der Waals surface area contributed by atoms with Gasteiger partial charge in [-0.15, -0.1) is 0 Å². The Labute approximate surface area is 150 Å². The molecular weight excluding hydrogens is 310 g/mol. The third kappa shape index (κ3) is 4.99. The summed E-state index contributed by atoms with van der Waals surface area (Å²) in [6, 6.07) is 18.8. The summed E-state index contributed by atoms with van der Waals surface area (Å²) in [5.41, 5.74) is 2.98. The number of nitrogens with one attached hydrogen (secondary N) is 2. The van der Waals surface area contributed by atoms with Crippen LogP contribution in [-0.2, 0) is 13.0 Å². The smallest absolute Gasteiger partial charge is 0.191 e. The molecule has 132 valence electrons. The number of hydrogen-bond donors (Lipinski definition) is 2. The minimum Gasteiger partial charge on any atom is -0.497 e. The number of aliphatic imine (C=N–C) groups is 1. The zero-order chi connectivity index (χ0) is 17.5. The first-order valence-corrected chi connectivity index (χ1v) is 8.84. The van der Waals surface area contributed by atoms with Crippen LogP contribution in [0.3, 0.4) is 0 Å². The first-order valence-electron chi connectivity index (χ1n) is 8.84. The Morgan fingerprint density at radius 1 is 1.04 bits per heavy atom. The number of nitrogens with zero attached hydrogens (tertiary/aromatic N) is 1. The van der Waals surface area contributed by atoms with E-state index < -0.39 is 0 Å². The van der Waals surface area contributed by atoms with Crippen LogP contribution in [0.5, 0.6) is 5.75 Å². The van der Waals surface area contributed by atoms with Gasteiger partial charge in [-0.25, -0.2) is 0 Å². The molecule has 0 amide bonds. The van der Waals surface area contributed by atoms with Crippen molar-refractivity contribution in [2.24, 2.45) is 10.4 Å². The molecule has 25 heavy (non-hydrogen) atoms. The highest BCUT2D eigenvalue weighted by Gasteiger charge is 2.42. The van der Waals surface area contributed by atoms with Gasteiger partial charge >= 0.3 is 0 Å². The Morgan fingerprint density at radius 3 is 2.48 bits per heavy atom. The van der Waals surface area contributed by atoms with Gasteiger partial charge in [0.15, 0.2) is 5.96 Å². The zero-order valence-electron chi connectivity index (χ0n) is 15.1. The van der Waals surface area contributed by atoms with E-state index in [0.29, 0.717) is 5.41 Å². The quantitative estimate of drug-likeness (QED) is 0.601. The number of methoxy groups -OCH3 is 1. The Morgan fingerprint density at radius 2 is 1.80 bits per heavy atom. The standard InChI is InChI=1S/C21H27N3O/c1-22-20(23-15-18-9-6-10-19(13-18)25-2)24-16-21(11-12-21)14-17-7-4-3-5-8-17/h3-10,13H,11-12,14-16H2,1-2H3,(H2,22,23,24). The van der Waals surface area contributed by atoms with Crippen LogP contribution in [-0.4, -0.2) is 26.7 Å². The van der Waals surface area contributed by atoms with Crippen molar-refractivity contribution in [2.45, 2.75) is 25.8 Å². The number of benzene rings is 2. The highest BCUT2D eigenvalue weighted by molar-refractivity contribution is 5.79. The van der Waals surface area contributed by atoms with Crippen LogP contribution in [0.2, 0.25) is 0 Å². The lowest BCUT2D eigenvalue weighted by Crippen LogP contribution is -2.40. The second-order valence-electron chi connectivity index (χ2n) is 6.79. The SMILES string of the molecule is CN=C(NCc1cccc(OC)c1)NCC1(Cc2ccccc2)CC1. The van der Waals surface area contributed by atoms with E-state index in [4.69, 9.17) is 4.74 Å². The van der Waals surface area contributed by atoms with Gasteiger partial charge in [0.1, 0.15) is 5.75 Å². The molecule has 0 radical (unpaired) electrons. The monoisotopic (exact) mass is 337 g/mol. The molecule has 0 atom stereocenters. The first-order chi connectivity index (χ1) is 12.2. The number of ether oxygens (including phenoxy) is 1. The van der Waals surface area contributed by atoms with E-state index in [2.05, 4.69) is 52.0 Å². The van der Waals surface area contributed by atoms with E-state index in [1.165, 1.54) is 24.0 Å². The molecule has 4 nitrogen and oxygen atoms in total. The molecular formula is C21H27N3O. The molecule has 0 heterocycles. The van der Waals surface area contributed by atoms with Crippen molar-refractivity contribution in [2.75, 3.05) is 20.7 Å². The number of rotatable bonds is 7. The fourth-order valence-corrected chi connectivity index (χ4v) is 3.08. The van der Waals surface area contributed by atoms with Crippen LogP contribution >= 0.6 is 0 Å². The van der Waals surface area contributed by atoms with E-state index in [0.717, 1.165) is 31.2 Å². The van der Waals surface area contributed by atoms with E-state index in [9.17, 15) is 0 Å². The summed E-state index contributed by atoms with van der Waals surface area (Å²) in [4.78, 5) is 4.35. The lowest BCUT2D eigenvalue weighted by Gasteiger charge is -2.19.